The molecule has 2 fully saturated rings. The summed E-state index contributed by atoms with van der Waals surface area (Å²) >= 11 is 9.15. The Morgan fingerprint density at radius 2 is 2.06 bits per heavy atom. The molecule has 8 nitrogen and oxygen atoms in total. The molecule has 5 aromatic rings. The molecule has 3 aliphatic rings. The number of anilines is 2. The van der Waals surface area contributed by atoms with E-state index in [4.69, 9.17) is 26.8 Å². The van der Waals surface area contributed by atoms with E-state index in [1.165, 1.54) is 22.3 Å². The Morgan fingerprint density at radius 3 is 2.82 bits per heavy atom. The fourth-order valence-electron chi connectivity index (χ4n) is 7.51. The SMILES string of the molecule is N#Cc1c(N)sc2c(F)ccc(-c3c(Cl)c4c5c(nc(OC[C@@]67CCCN6C[C@H](F)C7)nc5c3F)N(CC(F)F)[C@@H](c3cccs3)CO4)c12. The summed E-state index contributed by atoms with van der Waals surface area (Å²) in [5.74, 6) is -1.79. The van der Waals surface area contributed by atoms with Crippen LogP contribution in [0.3, 0.4) is 0 Å². The number of benzene rings is 2. The van der Waals surface area contributed by atoms with Crippen molar-refractivity contribution in [2.24, 2.45) is 0 Å². The van der Waals surface area contributed by atoms with Crippen molar-refractivity contribution in [1.82, 2.24) is 14.9 Å². The molecule has 0 amide bonds. The van der Waals surface area contributed by atoms with Crippen molar-refractivity contribution in [2.45, 2.75) is 43.4 Å². The predicted molar refractivity (Wildman–Crippen MR) is 179 cm³/mol. The third-order valence-corrected chi connectivity index (χ3v) is 12.0. The number of thiophene rings is 2. The molecule has 16 heteroatoms. The van der Waals surface area contributed by atoms with Crippen molar-refractivity contribution in [2.75, 3.05) is 43.5 Å². The molecule has 3 atom stereocenters. The minimum absolute atomic E-state index is 0.00524. The van der Waals surface area contributed by atoms with Crippen molar-refractivity contribution in [3.8, 4) is 29.0 Å². The Morgan fingerprint density at radius 1 is 1.22 bits per heavy atom. The number of nitriles is 1. The van der Waals surface area contributed by atoms with E-state index in [1.54, 1.807) is 17.5 Å². The van der Waals surface area contributed by atoms with Crippen molar-refractivity contribution in [3.63, 3.8) is 0 Å². The summed E-state index contributed by atoms with van der Waals surface area (Å²) < 4.78 is 87.7. The summed E-state index contributed by atoms with van der Waals surface area (Å²) in [7, 11) is 0. The quantitative estimate of drug-likeness (QED) is 0.168. The first-order valence-electron chi connectivity index (χ1n) is 15.5. The summed E-state index contributed by atoms with van der Waals surface area (Å²) in [4.78, 5) is 13.1. The molecule has 2 aromatic carbocycles. The van der Waals surface area contributed by atoms with Crippen LogP contribution in [0, 0.1) is 23.0 Å². The molecule has 3 aliphatic heterocycles. The highest BCUT2D eigenvalue weighted by atomic mass is 35.5. The number of rotatable bonds is 7. The van der Waals surface area contributed by atoms with Crippen LogP contribution in [-0.2, 0) is 0 Å². The first-order chi connectivity index (χ1) is 23.6. The number of halogens is 6. The van der Waals surface area contributed by atoms with Crippen LogP contribution in [0.1, 0.15) is 35.7 Å². The number of alkyl halides is 3. The lowest BCUT2D eigenvalue weighted by Gasteiger charge is -2.32. The average Bonchev–Trinajstić information content (AvgIpc) is 3.84. The largest absolute Gasteiger partial charge is 0.489 e. The van der Waals surface area contributed by atoms with E-state index in [2.05, 4.69) is 9.97 Å². The highest BCUT2D eigenvalue weighted by Gasteiger charge is 2.49. The second kappa shape index (κ2) is 12.1. The molecule has 0 bridgehead atoms. The van der Waals surface area contributed by atoms with Gasteiger partial charge in [0.1, 0.15) is 47.6 Å². The monoisotopic (exact) mass is 732 g/mol. The molecule has 254 valence electrons. The first kappa shape index (κ1) is 32.2. The summed E-state index contributed by atoms with van der Waals surface area (Å²) in [5.41, 5.74) is 4.90. The fraction of sp³-hybridized carbons (Fsp3) is 0.364. The van der Waals surface area contributed by atoms with Gasteiger partial charge in [-0.25, -0.2) is 22.0 Å². The minimum atomic E-state index is -2.81. The number of nitrogens with zero attached hydrogens (tertiary/aromatic N) is 5. The zero-order chi connectivity index (χ0) is 34.2. The van der Waals surface area contributed by atoms with Crippen molar-refractivity contribution < 1.29 is 31.4 Å². The number of ether oxygens (including phenoxy) is 2. The van der Waals surface area contributed by atoms with Crippen LogP contribution in [-0.4, -0.2) is 65.9 Å². The average molecular weight is 733 g/mol. The van der Waals surface area contributed by atoms with Crippen LogP contribution < -0.4 is 20.1 Å². The van der Waals surface area contributed by atoms with Gasteiger partial charge in [0.2, 0.25) is 0 Å². The topological polar surface area (TPSA) is 101 Å². The van der Waals surface area contributed by atoms with Crippen LogP contribution >= 0.6 is 34.3 Å². The Kier molecular flexibility index (Phi) is 7.97. The lowest BCUT2D eigenvalue weighted by atomic mass is 9.95. The highest BCUT2D eigenvalue weighted by molar-refractivity contribution is 7.23. The third-order valence-electron chi connectivity index (χ3n) is 9.61. The van der Waals surface area contributed by atoms with E-state index < -0.39 is 42.4 Å². The molecule has 0 aliphatic carbocycles. The van der Waals surface area contributed by atoms with Gasteiger partial charge in [-0.3, -0.25) is 4.90 Å². The lowest BCUT2D eigenvalue weighted by molar-refractivity contribution is 0.107. The normalized spacial score (nSPS) is 22.1. The summed E-state index contributed by atoms with van der Waals surface area (Å²) in [6.07, 6.45) is -2.05. The van der Waals surface area contributed by atoms with E-state index in [-0.39, 0.29) is 91.5 Å². The Bertz CT molecular complexity index is 2160. The maximum absolute atomic E-state index is 17.2. The Hall–Kier alpha value is -3.97. The molecular formula is C33H26ClF5N6O2S2. The first-order valence-corrected chi connectivity index (χ1v) is 17.5. The molecule has 49 heavy (non-hydrogen) atoms. The summed E-state index contributed by atoms with van der Waals surface area (Å²) in [6, 6.07) is 6.87. The smallest absolute Gasteiger partial charge is 0.319 e. The van der Waals surface area contributed by atoms with Crippen LogP contribution in [0.2, 0.25) is 5.02 Å². The predicted octanol–water partition coefficient (Wildman–Crippen LogP) is 8.12. The van der Waals surface area contributed by atoms with E-state index in [0.29, 0.717) is 17.8 Å². The van der Waals surface area contributed by atoms with E-state index in [0.717, 1.165) is 23.8 Å². The Balaban J connectivity index is 1.37. The van der Waals surface area contributed by atoms with Crippen LogP contribution in [0.4, 0.5) is 32.8 Å². The molecule has 3 aromatic heterocycles. The zero-order valence-electron chi connectivity index (χ0n) is 25.5. The highest BCUT2D eigenvalue weighted by Crippen LogP contribution is 2.52. The van der Waals surface area contributed by atoms with E-state index in [1.807, 2.05) is 11.0 Å². The maximum atomic E-state index is 17.2. The van der Waals surface area contributed by atoms with E-state index in [9.17, 15) is 22.8 Å². The van der Waals surface area contributed by atoms with Gasteiger partial charge in [-0.15, -0.1) is 22.7 Å². The third kappa shape index (κ3) is 5.14. The van der Waals surface area contributed by atoms with Gasteiger partial charge < -0.3 is 20.1 Å². The number of nitrogen functional groups attached to an aromatic ring is 1. The number of hydrogen-bond donors (Lipinski definition) is 1. The number of nitrogens with two attached hydrogens (primary N) is 1. The van der Waals surface area contributed by atoms with Crippen molar-refractivity contribution >= 4 is 66.1 Å². The molecule has 0 unspecified atom stereocenters. The summed E-state index contributed by atoms with van der Waals surface area (Å²) in [6.45, 7) is 0.0460. The zero-order valence-corrected chi connectivity index (χ0v) is 27.9. The number of hydrogen-bond acceptors (Lipinski definition) is 10. The van der Waals surface area contributed by atoms with Crippen molar-refractivity contribution in [3.05, 3.63) is 56.7 Å². The molecule has 0 radical (unpaired) electrons. The van der Waals surface area contributed by atoms with Gasteiger partial charge in [0.05, 0.1) is 38.8 Å². The standard InChI is InChI=1S/C33H26ClF5N6O2S2/c34-25-23(16-4-5-18(36)29-22(16)17(10-40)30(41)49-29)26(39)27-24-28(25)46-13-19(20-3-1-8-48-20)45(12-21(37)38)31(24)43-32(42-27)47-14-33-6-2-7-44(33)11-15(35)9-33/h1,3-5,8,15,19,21H,2,6-7,9,11-14,41H2/t15-,19-,33+/m1/s1. The molecule has 6 heterocycles. The lowest BCUT2D eigenvalue weighted by Crippen LogP contribution is -2.43. The van der Waals surface area contributed by atoms with E-state index >= 15 is 4.39 Å². The van der Waals surface area contributed by atoms with Gasteiger partial charge in [0.15, 0.2) is 11.6 Å². The molecule has 8 rings (SSSR count). The van der Waals surface area contributed by atoms with Gasteiger partial charge in [-0.05, 0) is 42.5 Å². The second-order valence-electron chi connectivity index (χ2n) is 12.4. The molecular weight excluding hydrogens is 707 g/mol. The molecule has 2 saturated heterocycles. The van der Waals surface area contributed by atoms with Crippen molar-refractivity contribution in [1.29, 1.82) is 5.26 Å². The van der Waals surface area contributed by atoms with Gasteiger partial charge in [-0.1, -0.05) is 23.7 Å². The van der Waals surface area contributed by atoms with Gasteiger partial charge in [-0.2, -0.15) is 15.2 Å². The molecule has 0 saturated carbocycles. The van der Waals surface area contributed by atoms with Crippen LogP contribution in [0.25, 0.3) is 32.1 Å². The van der Waals surface area contributed by atoms with Gasteiger partial charge in [0.25, 0.3) is 6.43 Å². The summed E-state index contributed by atoms with van der Waals surface area (Å²) in [5, 5.41) is 11.5. The molecule has 2 N–H and O–H groups in total. The Labute approximate surface area is 289 Å². The van der Waals surface area contributed by atoms with Crippen LogP contribution in [0.15, 0.2) is 29.6 Å². The molecule has 0 spiro atoms. The maximum Gasteiger partial charge on any atom is 0.319 e. The van der Waals surface area contributed by atoms with Gasteiger partial charge >= 0.3 is 6.01 Å². The number of aromatic nitrogens is 2. The number of fused-ring (bicyclic) bond motifs is 2. The fourth-order valence-corrected chi connectivity index (χ4v) is 9.62. The van der Waals surface area contributed by atoms with Gasteiger partial charge in [0, 0.05) is 28.8 Å². The minimum Gasteiger partial charge on any atom is -0.489 e. The van der Waals surface area contributed by atoms with Crippen LogP contribution in [0.5, 0.6) is 11.8 Å². The second-order valence-corrected chi connectivity index (χ2v) is 14.8.